The molecule has 0 bridgehead atoms. The average molecular weight is 265 g/mol. The summed E-state index contributed by atoms with van der Waals surface area (Å²) in [5.74, 6) is 1.30. The van der Waals surface area contributed by atoms with Gasteiger partial charge < -0.3 is 14.2 Å². The van der Waals surface area contributed by atoms with Crippen LogP contribution in [0, 0.1) is 0 Å². The lowest BCUT2D eigenvalue weighted by Crippen LogP contribution is -2.35. The molecule has 2 atom stereocenters. The van der Waals surface area contributed by atoms with E-state index in [1.54, 1.807) is 14.2 Å². The van der Waals surface area contributed by atoms with Crippen LogP contribution in [0.1, 0.15) is 24.9 Å². The molecule has 1 aliphatic rings. The van der Waals surface area contributed by atoms with Gasteiger partial charge in [-0.15, -0.1) is 0 Å². The van der Waals surface area contributed by atoms with Gasteiger partial charge in [-0.3, -0.25) is 10.1 Å². The molecule has 0 amide bonds. The zero-order chi connectivity index (χ0) is 13.8. The second-order valence-electron chi connectivity index (χ2n) is 4.50. The smallest absolute Gasteiger partial charge is 0.323 e. The van der Waals surface area contributed by atoms with Gasteiger partial charge in [0.2, 0.25) is 0 Å². The topological polar surface area (TPSA) is 56.8 Å². The van der Waals surface area contributed by atoms with Crippen LogP contribution in [0.5, 0.6) is 11.5 Å². The van der Waals surface area contributed by atoms with Crippen molar-refractivity contribution in [2.45, 2.75) is 25.4 Å². The molecule has 1 saturated heterocycles. The zero-order valence-electron chi connectivity index (χ0n) is 11.4. The van der Waals surface area contributed by atoms with E-state index in [0.29, 0.717) is 13.0 Å². The number of methoxy groups -OCH3 is 2. The van der Waals surface area contributed by atoms with Crippen molar-refractivity contribution in [2.75, 3.05) is 20.8 Å². The Balaban J connectivity index is 2.13. The van der Waals surface area contributed by atoms with Crippen molar-refractivity contribution in [2.24, 2.45) is 0 Å². The van der Waals surface area contributed by atoms with Gasteiger partial charge in [-0.05, 0) is 13.0 Å². The molecule has 1 aromatic carbocycles. The maximum absolute atomic E-state index is 11.5. The molecule has 5 heteroatoms. The van der Waals surface area contributed by atoms with Crippen molar-refractivity contribution in [1.29, 1.82) is 0 Å². The second kappa shape index (κ2) is 5.93. The van der Waals surface area contributed by atoms with Crippen LogP contribution >= 0.6 is 0 Å². The first-order valence-electron chi connectivity index (χ1n) is 6.30. The summed E-state index contributed by atoms with van der Waals surface area (Å²) in [4.78, 5) is 11.5. The minimum Gasteiger partial charge on any atom is -0.497 e. The van der Waals surface area contributed by atoms with Crippen LogP contribution in [0.15, 0.2) is 18.2 Å². The first kappa shape index (κ1) is 13.7. The Kier molecular flexibility index (Phi) is 4.27. The van der Waals surface area contributed by atoms with Gasteiger partial charge in [-0.2, -0.15) is 0 Å². The fraction of sp³-hybridized carbons (Fsp3) is 0.500. The third-order valence-corrected chi connectivity index (χ3v) is 3.29. The Morgan fingerprint density at radius 1 is 1.37 bits per heavy atom. The maximum atomic E-state index is 11.5. The van der Waals surface area contributed by atoms with E-state index in [4.69, 9.17) is 14.2 Å². The molecule has 1 aromatic rings. The monoisotopic (exact) mass is 265 g/mol. The molecule has 104 valence electrons. The van der Waals surface area contributed by atoms with Gasteiger partial charge in [-0.1, -0.05) is 6.07 Å². The largest absolute Gasteiger partial charge is 0.497 e. The molecule has 5 nitrogen and oxygen atoms in total. The number of carbonyl (C=O) groups is 1. The molecule has 0 radical (unpaired) electrons. The minimum absolute atomic E-state index is 0.00324. The molecule has 0 spiro atoms. The summed E-state index contributed by atoms with van der Waals surface area (Å²) < 4.78 is 15.5. The minimum atomic E-state index is -0.234. The van der Waals surface area contributed by atoms with E-state index in [0.717, 1.165) is 17.1 Å². The number of nitrogens with one attached hydrogen (secondary N) is 1. The van der Waals surface area contributed by atoms with Crippen molar-refractivity contribution >= 4 is 5.97 Å². The Hall–Kier alpha value is -1.75. The second-order valence-corrected chi connectivity index (χ2v) is 4.50. The molecule has 0 aliphatic carbocycles. The third kappa shape index (κ3) is 2.98. The standard InChI is InChI=1S/C14H19NO4/c1-9(15-12-6-7-19-14(12)16)11-5-4-10(17-2)8-13(11)18-3/h4-5,8-9,12,15H,6-7H2,1-3H3. The normalized spacial score (nSPS) is 19.9. The number of rotatable bonds is 5. The lowest BCUT2D eigenvalue weighted by molar-refractivity contribution is -0.139. The van der Waals surface area contributed by atoms with E-state index >= 15 is 0 Å². The van der Waals surface area contributed by atoms with Gasteiger partial charge >= 0.3 is 5.97 Å². The maximum Gasteiger partial charge on any atom is 0.323 e. The summed E-state index contributed by atoms with van der Waals surface area (Å²) >= 11 is 0. The van der Waals surface area contributed by atoms with Crippen LogP contribution in [0.3, 0.4) is 0 Å². The fourth-order valence-electron chi connectivity index (χ4n) is 2.21. The van der Waals surface area contributed by atoms with Crippen LogP contribution in [0.4, 0.5) is 0 Å². The first-order valence-corrected chi connectivity index (χ1v) is 6.30. The zero-order valence-corrected chi connectivity index (χ0v) is 11.4. The van der Waals surface area contributed by atoms with E-state index in [-0.39, 0.29) is 18.1 Å². The van der Waals surface area contributed by atoms with Gasteiger partial charge in [0.1, 0.15) is 17.5 Å². The van der Waals surface area contributed by atoms with Gasteiger partial charge in [0, 0.05) is 24.1 Å². The molecule has 1 N–H and O–H groups in total. The van der Waals surface area contributed by atoms with Crippen LogP contribution in [0.2, 0.25) is 0 Å². The third-order valence-electron chi connectivity index (χ3n) is 3.29. The van der Waals surface area contributed by atoms with Crippen LogP contribution in [-0.4, -0.2) is 32.8 Å². The molecule has 2 unspecified atom stereocenters. The summed E-state index contributed by atoms with van der Waals surface area (Å²) in [6.07, 6.45) is 0.710. The Morgan fingerprint density at radius 2 is 2.16 bits per heavy atom. The Morgan fingerprint density at radius 3 is 2.74 bits per heavy atom. The van der Waals surface area contributed by atoms with E-state index in [2.05, 4.69) is 5.32 Å². The van der Waals surface area contributed by atoms with Crippen molar-refractivity contribution in [3.63, 3.8) is 0 Å². The van der Waals surface area contributed by atoms with Crippen molar-refractivity contribution < 1.29 is 19.0 Å². The number of carbonyl (C=O) groups excluding carboxylic acids is 1. The quantitative estimate of drug-likeness (QED) is 0.821. The highest BCUT2D eigenvalue weighted by Gasteiger charge is 2.28. The van der Waals surface area contributed by atoms with Gasteiger partial charge in [0.15, 0.2) is 0 Å². The van der Waals surface area contributed by atoms with E-state index in [1.165, 1.54) is 0 Å². The van der Waals surface area contributed by atoms with E-state index < -0.39 is 0 Å². The summed E-state index contributed by atoms with van der Waals surface area (Å²) in [6, 6.07) is 5.41. The van der Waals surface area contributed by atoms with Crippen LogP contribution < -0.4 is 14.8 Å². The van der Waals surface area contributed by atoms with E-state index in [9.17, 15) is 4.79 Å². The summed E-state index contributed by atoms with van der Waals surface area (Å²) in [6.45, 7) is 2.49. The molecule has 0 saturated carbocycles. The fourth-order valence-corrected chi connectivity index (χ4v) is 2.21. The number of benzene rings is 1. The molecule has 2 rings (SSSR count). The molecule has 0 aromatic heterocycles. The highest BCUT2D eigenvalue weighted by molar-refractivity contribution is 5.77. The summed E-state index contributed by atoms with van der Waals surface area (Å²) in [7, 11) is 3.24. The van der Waals surface area contributed by atoms with Crippen LogP contribution in [-0.2, 0) is 9.53 Å². The number of cyclic esters (lactones) is 1. The number of esters is 1. The van der Waals surface area contributed by atoms with Crippen molar-refractivity contribution in [3.8, 4) is 11.5 Å². The Labute approximate surface area is 112 Å². The number of hydrogen-bond acceptors (Lipinski definition) is 5. The SMILES string of the molecule is COc1ccc(C(C)NC2CCOC2=O)c(OC)c1. The Bertz CT molecular complexity index is 461. The number of ether oxygens (including phenoxy) is 3. The van der Waals surface area contributed by atoms with Crippen LogP contribution in [0.25, 0.3) is 0 Å². The number of hydrogen-bond donors (Lipinski definition) is 1. The molecular formula is C14H19NO4. The van der Waals surface area contributed by atoms with Gasteiger partial charge in [0.25, 0.3) is 0 Å². The summed E-state index contributed by atoms with van der Waals surface area (Å²) in [5.41, 5.74) is 0.989. The molecule has 19 heavy (non-hydrogen) atoms. The highest BCUT2D eigenvalue weighted by atomic mass is 16.5. The summed E-state index contributed by atoms with van der Waals surface area (Å²) in [5, 5.41) is 3.26. The van der Waals surface area contributed by atoms with Crippen molar-refractivity contribution in [1.82, 2.24) is 5.32 Å². The molecule has 1 aliphatic heterocycles. The first-order chi connectivity index (χ1) is 9.15. The molecule has 1 heterocycles. The molecule has 1 fully saturated rings. The van der Waals surface area contributed by atoms with E-state index in [1.807, 2.05) is 25.1 Å². The molecular weight excluding hydrogens is 246 g/mol. The average Bonchev–Trinajstić information content (AvgIpc) is 2.83. The predicted molar refractivity (Wildman–Crippen MR) is 70.5 cm³/mol. The lowest BCUT2D eigenvalue weighted by Gasteiger charge is -2.20. The van der Waals surface area contributed by atoms with Gasteiger partial charge in [-0.25, -0.2) is 0 Å². The van der Waals surface area contributed by atoms with Crippen molar-refractivity contribution in [3.05, 3.63) is 23.8 Å². The lowest BCUT2D eigenvalue weighted by atomic mass is 10.1. The predicted octanol–water partition coefficient (Wildman–Crippen LogP) is 1.67. The highest BCUT2D eigenvalue weighted by Crippen LogP contribution is 2.30. The van der Waals surface area contributed by atoms with Gasteiger partial charge in [0.05, 0.1) is 20.8 Å².